The summed E-state index contributed by atoms with van der Waals surface area (Å²) < 4.78 is 5.37. The average Bonchev–Trinajstić information content (AvgIpc) is 3.36. The zero-order chi connectivity index (χ0) is 22.6. The Bertz CT molecular complexity index is 1240. The number of rotatable bonds is 6. The minimum Gasteiger partial charge on any atom is -0.363 e. The standard InChI is InChI=1S/C24H22N6O3/c31-30(32)22-16-20(24-26-23(27-33-24)19-8-10-25-11-9-19)6-7-21(22)29-14-12-28(13-15-29)17-18-4-2-1-3-5-18/h1-11,16H,12-15,17H2. The molecule has 0 spiro atoms. The maximum Gasteiger partial charge on any atom is 0.293 e. The van der Waals surface area contributed by atoms with E-state index in [-0.39, 0.29) is 16.5 Å². The molecule has 1 aliphatic heterocycles. The molecule has 3 heterocycles. The Morgan fingerprint density at radius 2 is 1.70 bits per heavy atom. The summed E-state index contributed by atoms with van der Waals surface area (Å²) in [5, 5.41) is 15.9. The normalized spacial score (nSPS) is 14.4. The van der Waals surface area contributed by atoms with Crippen LogP contribution in [0.1, 0.15) is 5.56 Å². The van der Waals surface area contributed by atoms with Crippen molar-refractivity contribution in [2.45, 2.75) is 6.54 Å². The lowest BCUT2D eigenvalue weighted by atomic mass is 10.1. The van der Waals surface area contributed by atoms with E-state index in [0.29, 0.717) is 17.1 Å². The maximum atomic E-state index is 11.9. The molecule has 9 nitrogen and oxygen atoms in total. The first-order valence-corrected chi connectivity index (χ1v) is 10.7. The molecule has 2 aromatic carbocycles. The van der Waals surface area contributed by atoms with Crippen LogP contribution in [-0.2, 0) is 6.54 Å². The summed E-state index contributed by atoms with van der Waals surface area (Å²) in [6.45, 7) is 4.01. The van der Waals surface area contributed by atoms with Gasteiger partial charge in [0.1, 0.15) is 5.69 Å². The number of aromatic nitrogens is 3. The average molecular weight is 442 g/mol. The predicted octanol–water partition coefficient (Wildman–Crippen LogP) is 4.03. The third-order valence-corrected chi connectivity index (χ3v) is 5.75. The zero-order valence-electron chi connectivity index (χ0n) is 17.9. The van der Waals surface area contributed by atoms with Gasteiger partial charge in [-0.25, -0.2) is 0 Å². The minimum atomic E-state index is -0.352. The quantitative estimate of drug-likeness (QED) is 0.326. The van der Waals surface area contributed by atoms with E-state index in [4.69, 9.17) is 4.52 Å². The van der Waals surface area contributed by atoms with Gasteiger partial charge in [-0.2, -0.15) is 4.98 Å². The topological polar surface area (TPSA) is 101 Å². The van der Waals surface area contributed by atoms with Crippen LogP contribution in [0.4, 0.5) is 11.4 Å². The van der Waals surface area contributed by atoms with Gasteiger partial charge in [-0.3, -0.25) is 20.0 Å². The van der Waals surface area contributed by atoms with E-state index >= 15 is 0 Å². The number of hydrogen-bond acceptors (Lipinski definition) is 8. The van der Waals surface area contributed by atoms with E-state index < -0.39 is 0 Å². The second kappa shape index (κ2) is 9.17. The molecule has 0 saturated carbocycles. The van der Waals surface area contributed by atoms with Crippen molar-refractivity contribution in [2.24, 2.45) is 0 Å². The second-order valence-corrected chi connectivity index (χ2v) is 7.87. The van der Waals surface area contributed by atoms with Gasteiger partial charge in [0, 0.05) is 62.3 Å². The maximum absolute atomic E-state index is 11.9. The Balaban J connectivity index is 1.33. The van der Waals surface area contributed by atoms with Gasteiger partial charge in [0.15, 0.2) is 0 Å². The van der Waals surface area contributed by atoms with Gasteiger partial charge in [0.2, 0.25) is 5.82 Å². The third kappa shape index (κ3) is 4.58. The number of pyridine rings is 1. The Hall–Kier alpha value is -4.11. The molecule has 166 valence electrons. The Morgan fingerprint density at radius 1 is 0.939 bits per heavy atom. The molecule has 0 unspecified atom stereocenters. The molecular formula is C24H22N6O3. The molecule has 0 bridgehead atoms. The molecule has 5 rings (SSSR count). The van der Waals surface area contributed by atoms with E-state index in [0.717, 1.165) is 38.3 Å². The first kappa shape index (κ1) is 20.8. The van der Waals surface area contributed by atoms with E-state index in [1.54, 1.807) is 36.7 Å². The number of nitrogens with zero attached hydrogens (tertiary/aromatic N) is 6. The molecule has 0 amide bonds. The Labute approximate surface area is 190 Å². The lowest BCUT2D eigenvalue weighted by Crippen LogP contribution is -2.46. The number of nitro benzene ring substituents is 1. The molecule has 4 aromatic rings. The third-order valence-electron chi connectivity index (χ3n) is 5.75. The molecule has 0 radical (unpaired) electrons. The SMILES string of the molecule is O=[N+]([O-])c1cc(-c2nc(-c3ccncc3)no2)ccc1N1CCN(Cc2ccccc2)CC1. The molecule has 9 heteroatoms. The van der Waals surface area contributed by atoms with Crippen LogP contribution in [0.2, 0.25) is 0 Å². The zero-order valence-corrected chi connectivity index (χ0v) is 17.9. The Kier molecular flexibility index (Phi) is 5.77. The first-order valence-electron chi connectivity index (χ1n) is 10.7. The summed E-state index contributed by atoms with van der Waals surface area (Å²) >= 11 is 0. The Morgan fingerprint density at radius 3 is 2.42 bits per heavy atom. The first-order chi connectivity index (χ1) is 16.2. The number of anilines is 1. The number of piperazine rings is 1. The molecule has 0 N–H and O–H groups in total. The monoisotopic (exact) mass is 442 g/mol. The molecule has 0 atom stereocenters. The highest BCUT2D eigenvalue weighted by Gasteiger charge is 2.25. The number of benzene rings is 2. The molecule has 33 heavy (non-hydrogen) atoms. The van der Waals surface area contributed by atoms with Crippen LogP contribution >= 0.6 is 0 Å². The summed E-state index contributed by atoms with van der Waals surface area (Å²) in [6, 6.07) is 19.0. The van der Waals surface area contributed by atoms with Crippen LogP contribution in [0.3, 0.4) is 0 Å². The summed E-state index contributed by atoms with van der Waals surface area (Å²) in [5.41, 5.74) is 3.19. The van der Waals surface area contributed by atoms with Gasteiger partial charge in [-0.1, -0.05) is 35.5 Å². The highest BCUT2D eigenvalue weighted by atomic mass is 16.6. The molecule has 1 aliphatic rings. The fraction of sp³-hybridized carbons (Fsp3) is 0.208. The van der Waals surface area contributed by atoms with E-state index in [1.807, 2.05) is 18.2 Å². The summed E-state index contributed by atoms with van der Waals surface area (Å²) in [7, 11) is 0. The van der Waals surface area contributed by atoms with E-state index in [1.165, 1.54) is 11.6 Å². The fourth-order valence-electron chi connectivity index (χ4n) is 4.02. The lowest BCUT2D eigenvalue weighted by Gasteiger charge is -2.35. The molecule has 2 aromatic heterocycles. The number of nitro groups is 1. The largest absolute Gasteiger partial charge is 0.363 e. The summed E-state index contributed by atoms with van der Waals surface area (Å²) in [5.74, 6) is 0.651. The lowest BCUT2D eigenvalue weighted by molar-refractivity contribution is -0.384. The smallest absolute Gasteiger partial charge is 0.293 e. The van der Waals surface area contributed by atoms with Crippen molar-refractivity contribution in [3.8, 4) is 22.8 Å². The highest BCUT2D eigenvalue weighted by Crippen LogP contribution is 2.34. The van der Waals surface area contributed by atoms with Crippen LogP contribution in [0.5, 0.6) is 0 Å². The van der Waals surface area contributed by atoms with Crippen LogP contribution in [0.25, 0.3) is 22.8 Å². The van der Waals surface area contributed by atoms with Crippen molar-refractivity contribution >= 4 is 11.4 Å². The molecule has 1 saturated heterocycles. The minimum absolute atomic E-state index is 0.0349. The van der Waals surface area contributed by atoms with Crippen LogP contribution in [-0.4, -0.2) is 51.1 Å². The fourth-order valence-corrected chi connectivity index (χ4v) is 4.02. The van der Waals surface area contributed by atoms with Crippen LogP contribution < -0.4 is 4.90 Å². The van der Waals surface area contributed by atoms with Crippen molar-refractivity contribution in [1.29, 1.82) is 0 Å². The van der Waals surface area contributed by atoms with Gasteiger partial charge in [-0.15, -0.1) is 0 Å². The van der Waals surface area contributed by atoms with Gasteiger partial charge in [-0.05, 0) is 29.8 Å². The van der Waals surface area contributed by atoms with Crippen molar-refractivity contribution in [1.82, 2.24) is 20.0 Å². The highest BCUT2D eigenvalue weighted by molar-refractivity contribution is 5.71. The van der Waals surface area contributed by atoms with Crippen molar-refractivity contribution in [3.63, 3.8) is 0 Å². The van der Waals surface area contributed by atoms with Crippen LogP contribution in [0, 0.1) is 10.1 Å². The van der Waals surface area contributed by atoms with Crippen molar-refractivity contribution < 1.29 is 9.45 Å². The summed E-state index contributed by atoms with van der Waals surface area (Å²) in [4.78, 5) is 24.3. The van der Waals surface area contributed by atoms with Gasteiger partial charge >= 0.3 is 0 Å². The van der Waals surface area contributed by atoms with Gasteiger partial charge in [0.25, 0.3) is 11.6 Å². The van der Waals surface area contributed by atoms with Crippen molar-refractivity contribution in [3.05, 3.63) is 88.7 Å². The van der Waals surface area contributed by atoms with E-state index in [2.05, 4.69) is 37.1 Å². The number of hydrogen-bond donors (Lipinski definition) is 0. The molecular weight excluding hydrogens is 420 g/mol. The van der Waals surface area contributed by atoms with E-state index in [9.17, 15) is 10.1 Å². The second-order valence-electron chi connectivity index (χ2n) is 7.87. The predicted molar refractivity (Wildman–Crippen MR) is 124 cm³/mol. The molecule has 1 fully saturated rings. The summed E-state index contributed by atoms with van der Waals surface area (Å²) in [6.07, 6.45) is 3.29. The van der Waals surface area contributed by atoms with Gasteiger partial charge < -0.3 is 9.42 Å². The van der Waals surface area contributed by atoms with Crippen molar-refractivity contribution in [2.75, 3.05) is 31.1 Å². The van der Waals surface area contributed by atoms with Crippen LogP contribution in [0.15, 0.2) is 77.6 Å². The molecule has 0 aliphatic carbocycles. The van der Waals surface area contributed by atoms with Gasteiger partial charge in [0.05, 0.1) is 4.92 Å².